The van der Waals surface area contributed by atoms with Gasteiger partial charge in [0, 0.05) is 59.0 Å². The second kappa shape index (κ2) is 12.0. The summed E-state index contributed by atoms with van der Waals surface area (Å²) >= 11 is 0. The topological polar surface area (TPSA) is 71.4 Å². The molecule has 2 N–H and O–H groups in total. The highest BCUT2D eigenvalue weighted by molar-refractivity contribution is 14.0. The molecule has 2 aliphatic heterocycles. The first-order chi connectivity index (χ1) is 12.1. The van der Waals surface area contributed by atoms with Gasteiger partial charge in [-0.1, -0.05) is 6.92 Å². The third-order valence-corrected chi connectivity index (χ3v) is 5.14. The quantitative estimate of drug-likeness (QED) is 0.334. The molecule has 0 radical (unpaired) electrons. The minimum atomic E-state index is -0.0332. The lowest BCUT2D eigenvalue weighted by atomic mass is 10.2. The number of likely N-dealkylation sites (tertiary alicyclic amines) is 1. The number of hydrogen-bond acceptors (Lipinski definition) is 4. The van der Waals surface area contributed by atoms with Crippen LogP contribution in [0.4, 0.5) is 0 Å². The van der Waals surface area contributed by atoms with Crippen LogP contribution in [0.5, 0.6) is 0 Å². The predicted octanol–water partition coefficient (Wildman–Crippen LogP) is 0.827. The molecule has 0 aliphatic carbocycles. The number of halogens is 1. The van der Waals surface area contributed by atoms with Crippen molar-refractivity contribution in [3.05, 3.63) is 0 Å². The summed E-state index contributed by atoms with van der Waals surface area (Å²) in [6.07, 6.45) is 2.28. The van der Waals surface area contributed by atoms with Gasteiger partial charge in [0.05, 0.1) is 6.04 Å². The van der Waals surface area contributed by atoms with Crippen LogP contribution in [0.25, 0.3) is 0 Å². The van der Waals surface area contributed by atoms with Crippen LogP contribution in [-0.4, -0.2) is 96.7 Å². The molecular weight excluding hydrogens is 445 g/mol. The molecule has 2 heterocycles. The molecule has 2 saturated heterocycles. The van der Waals surface area contributed by atoms with E-state index in [2.05, 4.69) is 27.0 Å². The second-order valence-electron chi connectivity index (χ2n) is 7.21. The van der Waals surface area contributed by atoms with E-state index in [1.54, 1.807) is 0 Å². The predicted molar refractivity (Wildman–Crippen MR) is 116 cm³/mol. The van der Waals surface area contributed by atoms with E-state index in [0.29, 0.717) is 6.54 Å². The molecule has 2 aliphatic rings. The van der Waals surface area contributed by atoms with E-state index in [9.17, 15) is 9.90 Å². The zero-order chi connectivity index (χ0) is 18.2. The number of amides is 1. The smallest absolute Gasteiger partial charge is 0.239 e. The van der Waals surface area contributed by atoms with Crippen LogP contribution < -0.4 is 5.32 Å². The van der Waals surface area contributed by atoms with Crippen molar-refractivity contribution in [3.63, 3.8) is 0 Å². The molecule has 0 bridgehead atoms. The number of aliphatic hydroxyl groups is 1. The van der Waals surface area contributed by atoms with Crippen LogP contribution in [-0.2, 0) is 4.79 Å². The fourth-order valence-electron chi connectivity index (χ4n) is 3.40. The first-order valence-corrected chi connectivity index (χ1v) is 9.73. The number of nitrogens with zero attached hydrogens (tertiary/aromatic N) is 4. The number of rotatable bonds is 6. The van der Waals surface area contributed by atoms with Crippen LogP contribution in [0.15, 0.2) is 4.99 Å². The minimum Gasteiger partial charge on any atom is -0.396 e. The third-order valence-electron chi connectivity index (χ3n) is 5.14. The number of carbonyl (C=O) groups is 1. The van der Waals surface area contributed by atoms with Crippen LogP contribution in [0, 0.1) is 5.92 Å². The second-order valence-corrected chi connectivity index (χ2v) is 7.21. The Morgan fingerprint density at radius 2 is 1.69 bits per heavy atom. The molecule has 0 aromatic rings. The average Bonchev–Trinajstić information content (AvgIpc) is 3.18. The Morgan fingerprint density at radius 1 is 1.08 bits per heavy atom. The maximum absolute atomic E-state index is 12.6. The zero-order valence-electron chi connectivity index (χ0n) is 16.5. The summed E-state index contributed by atoms with van der Waals surface area (Å²) in [5.74, 6) is 1.37. The van der Waals surface area contributed by atoms with Gasteiger partial charge in [0.15, 0.2) is 5.96 Å². The molecule has 0 spiro atoms. The van der Waals surface area contributed by atoms with Crippen molar-refractivity contribution in [2.75, 3.05) is 59.0 Å². The van der Waals surface area contributed by atoms with Gasteiger partial charge in [-0.05, 0) is 32.6 Å². The molecule has 26 heavy (non-hydrogen) atoms. The van der Waals surface area contributed by atoms with E-state index in [1.165, 1.54) is 0 Å². The summed E-state index contributed by atoms with van der Waals surface area (Å²) < 4.78 is 0. The molecule has 2 atom stereocenters. The third kappa shape index (κ3) is 6.53. The Labute approximate surface area is 175 Å². The molecule has 1 amide bonds. The van der Waals surface area contributed by atoms with Crippen molar-refractivity contribution in [2.24, 2.45) is 10.9 Å². The van der Waals surface area contributed by atoms with Crippen LogP contribution in [0.1, 0.15) is 33.6 Å². The highest BCUT2D eigenvalue weighted by Gasteiger charge is 2.30. The number of guanidine groups is 1. The van der Waals surface area contributed by atoms with Crippen molar-refractivity contribution < 1.29 is 9.90 Å². The first kappa shape index (κ1) is 23.4. The number of aliphatic hydroxyl groups excluding tert-OH is 1. The van der Waals surface area contributed by atoms with Gasteiger partial charge in [0.2, 0.25) is 5.91 Å². The Kier molecular flexibility index (Phi) is 10.8. The van der Waals surface area contributed by atoms with Gasteiger partial charge in [-0.15, -0.1) is 24.0 Å². The standard InChI is InChI=1S/C18H35N5O2.HI/c1-4-19-18(20-13-15(2)14-24)23-11-9-21(10-12-23)16(3)17(25)22-7-5-6-8-22;/h15-16,24H,4-14H2,1-3H3,(H,19,20);1H. The molecular formula is C18H36IN5O2. The maximum atomic E-state index is 12.6. The van der Waals surface area contributed by atoms with Gasteiger partial charge in [0.1, 0.15) is 0 Å². The largest absolute Gasteiger partial charge is 0.396 e. The molecule has 8 heteroatoms. The fraction of sp³-hybridized carbons (Fsp3) is 0.889. The summed E-state index contributed by atoms with van der Waals surface area (Å²) in [5.41, 5.74) is 0. The van der Waals surface area contributed by atoms with Crippen molar-refractivity contribution in [3.8, 4) is 0 Å². The number of piperazine rings is 1. The van der Waals surface area contributed by atoms with Crippen molar-refractivity contribution >= 4 is 35.8 Å². The lowest BCUT2D eigenvalue weighted by Crippen LogP contribution is -2.57. The number of aliphatic imine (C=N–C) groups is 1. The van der Waals surface area contributed by atoms with Crippen molar-refractivity contribution in [1.82, 2.24) is 20.0 Å². The normalized spacial score (nSPS) is 21.3. The molecule has 2 fully saturated rings. The highest BCUT2D eigenvalue weighted by atomic mass is 127. The minimum absolute atomic E-state index is 0. The fourth-order valence-corrected chi connectivity index (χ4v) is 3.40. The molecule has 2 unspecified atom stereocenters. The molecule has 0 saturated carbocycles. The summed E-state index contributed by atoms with van der Waals surface area (Å²) in [6.45, 7) is 13.1. The highest BCUT2D eigenvalue weighted by Crippen LogP contribution is 2.14. The van der Waals surface area contributed by atoms with E-state index in [1.807, 2.05) is 18.7 Å². The van der Waals surface area contributed by atoms with Gasteiger partial charge >= 0.3 is 0 Å². The van der Waals surface area contributed by atoms with E-state index in [-0.39, 0.29) is 48.5 Å². The van der Waals surface area contributed by atoms with Crippen molar-refractivity contribution in [1.29, 1.82) is 0 Å². The Hall–Kier alpha value is -0.610. The Balaban J connectivity index is 0.00000338. The average molecular weight is 481 g/mol. The lowest BCUT2D eigenvalue weighted by Gasteiger charge is -2.39. The monoisotopic (exact) mass is 481 g/mol. The van der Waals surface area contributed by atoms with Gasteiger partial charge in [0.25, 0.3) is 0 Å². The number of hydrogen-bond donors (Lipinski definition) is 2. The van der Waals surface area contributed by atoms with E-state index < -0.39 is 0 Å². The molecule has 152 valence electrons. The summed E-state index contributed by atoms with van der Waals surface area (Å²) in [4.78, 5) is 23.8. The molecule has 7 nitrogen and oxygen atoms in total. The molecule has 0 aromatic heterocycles. The van der Waals surface area contributed by atoms with Gasteiger partial charge in [-0.2, -0.15) is 0 Å². The van der Waals surface area contributed by atoms with Crippen LogP contribution >= 0.6 is 24.0 Å². The van der Waals surface area contributed by atoms with E-state index in [0.717, 1.165) is 64.6 Å². The molecule has 0 aromatic carbocycles. The van der Waals surface area contributed by atoms with E-state index in [4.69, 9.17) is 0 Å². The Bertz CT molecular complexity index is 449. The zero-order valence-corrected chi connectivity index (χ0v) is 18.8. The van der Waals surface area contributed by atoms with Crippen molar-refractivity contribution in [2.45, 2.75) is 39.7 Å². The maximum Gasteiger partial charge on any atom is 0.239 e. The summed E-state index contributed by atoms with van der Waals surface area (Å²) in [7, 11) is 0. The number of carbonyl (C=O) groups excluding carboxylic acids is 1. The SMILES string of the molecule is CCNC(=NCC(C)CO)N1CCN(C(C)C(=O)N2CCCC2)CC1.I. The first-order valence-electron chi connectivity index (χ1n) is 9.73. The summed E-state index contributed by atoms with van der Waals surface area (Å²) in [5, 5.41) is 12.5. The van der Waals surface area contributed by atoms with Gasteiger partial charge in [-0.25, -0.2) is 0 Å². The van der Waals surface area contributed by atoms with Crippen LogP contribution in [0.2, 0.25) is 0 Å². The van der Waals surface area contributed by atoms with Crippen LogP contribution in [0.3, 0.4) is 0 Å². The lowest BCUT2D eigenvalue weighted by molar-refractivity contribution is -0.135. The van der Waals surface area contributed by atoms with E-state index >= 15 is 0 Å². The Morgan fingerprint density at radius 3 is 2.23 bits per heavy atom. The summed E-state index contributed by atoms with van der Waals surface area (Å²) in [6, 6.07) is -0.0332. The number of nitrogens with one attached hydrogen (secondary N) is 1. The van der Waals surface area contributed by atoms with Gasteiger partial charge in [-0.3, -0.25) is 14.7 Å². The van der Waals surface area contributed by atoms with Gasteiger partial charge < -0.3 is 20.2 Å². The molecule has 2 rings (SSSR count).